The number of nitrogens with zero attached hydrogens (tertiary/aromatic N) is 2. The summed E-state index contributed by atoms with van der Waals surface area (Å²) in [5.41, 5.74) is 0.929. The normalized spacial score (nSPS) is 10.0. The fraction of sp³-hybridized carbons (Fsp3) is 0.545. The van der Waals surface area contributed by atoms with E-state index in [-0.39, 0.29) is 0 Å². The zero-order valence-electron chi connectivity index (χ0n) is 10.2. The van der Waals surface area contributed by atoms with Crippen LogP contribution in [0.25, 0.3) is 0 Å². The Balaban J connectivity index is 2.19. The zero-order valence-corrected chi connectivity index (χ0v) is 11.0. The van der Waals surface area contributed by atoms with Crippen molar-refractivity contribution in [1.82, 2.24) is 20.6 Å². The Morgan fingerprint density at radius 1 is 1.47 bits per heavy atom. The highest BCUT2D eigenvalue weighted by molar-refractivity contribution is 7.80. The van der Waals surface area contributed by atoms with Gasteiger partial charge in [0.25, 0.3) is 0 Å². The highest BCUT2D eigenvalue weighted by Crippen LogP contribution is 1.93. The summed E-state index contributed by atoms with van der Waals surface area (Å²) in [5.74, 6) is 0.767. The van der Waals surface area contributed by atoms with Crippen molar-refractivity contribution in [2.45, 2.75) is 19.9 Å². The molecule has 1 heterocycles. The molecule has 5 nitrogen and oxygen atoms in total. The molecule has 0 atom stereocenters. The summed E-state index contributed by atoms with van der Waals surface area (Å²) in [6, 6.07) is 1.87. The Morgan fingerprint density at radius 3 is 3.00 bits per heavy atom. The number of hydrogen-bond donors (Lipinski definition) is 2. The van der Waals surface area contributed by atoms with E-state index in [9.17, 15) is 0 Å². The molecule has 94 valence electrons. The molecule has 1 aromatic rings. The summed E-state index contributed by atoms with van der Waals surface area (Å²) in [6.45, 7) is 4.02. The van der Waals surface area contributed by atoms with Crippen molar-refractivity contribution >= 4 is 17.3 Å². The molecular weight excluding hydrogens is 236 g/mol. The first-order chi connectivity index (χ1) is 8.22. The Bertz CT molecular complexity index is 359. The lowest BCUT2D eigenvalue weighted by molar-refractivity contribution is 0.195. The van der Waals surface area contributed by atoms with Crippen LogP contribution in [-0.2, 0) is 11.3 Å². The maximum atomic E-state index is 5.13. The second kappa shape index (κ2) is 7.92. The number of methoxy groups -OCH3 is 1. The second-order valence-corrected chi connectivity index (χ2v) is 3.96. The van der Waals surface area contributed by atoms with Crippen LogP contribution in [0.1, 0.15) is 17.9 Å². The van der Waals surface area contributed by atoms with Gasteiger partial charge in [0.2, 0.25) is 0 Å². The first-order valence-corrected chi connectivity index (χ1v) is 5.92. The van der Waals surface area contributed by atoms with Gasteiger partial charge in [-0.3, -0.25) is 0 Å². The fourth-order valence-corrected chi connectivity index (χ4v) is 1.43. The number of aromatic nitrogens is 2. The summed E-state index contributed by atoms with van der Waals surface area (Å²) in [4.78, 5) is 8.31. The highest BCUT2D eigenvalue weighted by Gasteiger charge is 1.98. The van der Waals surface area contributed by atoms with Crippen molar-refractivity contribution in [2.75, 3.05) is 20.3 Å². The van der Waals surface area contributed by atoms with Gasteiger partial charge in [0, 0.05) is 26.5 Å². The summed E-state index contributed by atoms with van der Waals surface area (Å²) >= 11 is 5.13. The summed E-state index contributed by atoms with van der Waals surface area (Å²) in [5, 5.41) is 6.83. The van der Waals surface area contributed by atoms with Crippen molar-refractivity contribution in [2.24, 2.45) is 0 Å². The van der Waals surface area contributed by atoms with Gasteiger partial charge in [0.05, 0.1) is 12.2 Å². The maximum Gasteiger partial charge on any atom is 0.166 e. The summed E-state index contributed by atoms with van der Waals surface area (Å²) in [6.07, 6.45) is 2.68. The minimum atomic E-state index is 0.611. The number of hydrogen-bond acceptors (Lipinski definition) is 4. The van der Waals surface area contributed by atoms with E-state index in [0.717, 1.165) is 31.1 Å². The third kappa shape index (κ3) is 6.13. The lowest BCUT2D eigenvalue weighted by atomic mass is 10.4. The molecule has 0 saturated heterocycles. The largest absolute Gasteiger partial charge is 0.385 e. The molecule has 0 aliphatic rings. The van der Waals surface area contributed by atoms with Crippen LogP contribution in [0.2, 0.25) is 0 Å². The van der Waals surface area contributed by atoms with E-state index in [1.54, 1.807) is 13.3 Å². The highest BCUT2D eigenvalue weighted by atomic mass is 32.1. The molecule has 0 saturated carbocycles. The Labute approximate surface area is 107 Å². The van der Waals surface area contributed by atoms with Crippen LogP contribution in [0.3, 0.4) is 0 Å². The Morgan fingerprint density at radius 2 is 2.29 bits per heavy atom. The van der Waals surface area contributed by atoms with E-state index in [0.29, 0.717) is 11.7 Å². The number of rotatable bonds is 6. The first kappa shape index (κ1) is 13.8. The Kier molecular flexibility index (Phi) is 6.42. The molecule has 0 aliphatic heterocycles. The molecule has 0 amide bonds. The molecule has 17 heavy (non-hydrogen) atoms. The van der Waals surface area contributed by atoms with Gasteiger partial charge >= 0.3 is 0 Å². The first-order valence-electron chi connectivity index (χ1n) is 5.51. The van der Waals surface area contributed by atoms with E-state index in [2.05, 4.69) is 20.6 Å². The maximum absolute atomic E-state index is 5.13. The standard InChI is InChI=1S/C11H18N4OS/c1-9-12-6-4-10(15-9)8-14-11(17)13-5-3-7-16-2/h4,6H,3,5,7-8H2,1-2H3,(H2,13,14,17). The fourth-order valence-electron chi connectivity index (χ4n) is 1.26. The van der Waals surface area contributed by atoms with E-state index in [1.165, 1.54) is 0 Å². The molecular formula is C11H18N4OS. The van der Waals surface area contributed by atoms with Gasteiger partial charge in [-0.2, -0.15) is 0 Å². The SMILES string of the molecule is COCCCNC(=S)NCc1ccnc(C)n1. The minimum absolute atomic E-state index is 0.611. The van der Waals surface area contributed by atoms with E-state index in [1.807, 2.05) is 13.0 Å². The molecule has 0 bridgehead atoms. The van der Waals surface area contributed by atoms with Crippen LogP contribution in [0.4, 0.5) is 0 Å². The van der Waals surface area contributed by atoms with Gasteiger partial charge in [0.15, 0.2) is 5.11 Å². The van der Waals surface area contributed by atoms with Gasteiger partial charge < -0.3 is 15.4 Å². The van der Waals surface area contributed by atoms with Crippen LogP contribution in [0, 0.1) is 6.92 Å². The molecule has 0 spiro atoms. The topological polar surface area (TPSA) is 59.1 Å². The number of aryl methyl sites for hydroxylation is 1. The predicted molar refractivity (Wildman–Crippen MR) is 70.7 cm³/mol. The van der Waals surface area contributed by atoms with Gasteiger partial charge in [-0.15, -0.1) is 0 Å². The monoisotopic (exact) mass is 254 g/mol. The van der Waals surface area contributed by atoms with Crippen molar-refractivity contribution in [3.05, 3.63) is 23.8 Å². The Hall–Kier alpha value is -1.27. The number of nitrogens with one attached hydrogen (secondary N) is 2. The van der Waals surface area contributed by atoms with E-state index in [4.69, 9.17) is 17.0 Å². The lowest BCUT2D eigenvalue weighted by Gasteiger charge is -2.09. The van der Waals surface area contributed by atoms with Crippen molar-refractivity contribution in [1.29, 1.82) is 0 Å². The molecule has 0 radical (unpaired) electrons. The molecule has 2 N–H and O–H groups in total. The van der Waals surface area contributed by atoms with E-state index >= 15 is 0 Å². The molecule has 1 rings (SSSR count). The zero-order chi connectivity index (χ0) is 12.5. The average molecular weight is 254 g/mol. The summed E-state index contributed by atoms with van der Waals surface area (Å²) in [7, 11) is 1.69. The summed E-state index contributed by atoms with van der Waals surface area (Å²) < 4.78 is 4.95. The molecule has 0 aromatic carbocycles. The van der Waals surface area contributed by atoms with Crippen LogP contribution in [0.5, 0.6) is 0 Å². The molecule has 0 aliphatic carbocycles. The lowest BCUT2D eigenvalue weighted by Crippen LogP contribution is -2.35. The third-order valence-corrected chi connectivity index (χ3v) is 2.36. The van der Waals surface area contributed by atoms with Gasteiger partial charge in [-0.1, -0.05) is 0 Å². The predicted octanol–water partition coefficient (Wildman–Crippen LogP) is 0.786. The number of ether oxygens (including phenoxy) is 1. The van der Waals surface area contributed by atoms with Crippen LogP contribution < -0.4 is 10.6 Å². The quantitative estimate of drug-likeness (QED) is 0.578. The second-order valence-electron chi connectivity index (χ2n) is 3.55. The molecule has 6 heteroatoms. The average Bonchev–Trinajstić information content (AvgIpc) is 2.32. The minimum Gasteiger partial charge on any atom is -0.385 e. The van der Waals surface area contributed by atoms with Gasteiger partial charge in [0.1, 0.15) is 5.82 Å². The van der Waals surface area contributed by atoms with Crippen LogP contribution in [0.15, 0.2) is 12.3 Å². The van der Waals surface area contributed by atoms with E-state index < -0.39 is 0 Å². The smallest absolute Gasteiger partial charge is 0.166 e. The van der Waals surface area contributed by atoms with Gasteiger partial charge in [-0.25, -0.2) is 9.97 Å². The molecule has 0 fully saturated rings. The van der Waals surface area contributed by atoms with Gasteiger partial charge in [-0.05, 0) is 31.6 Å². The van der Waals surface area contributed by atoms with Crippen molar-refractivity contribution < 1.29 is 4.74 Å². The van der Waals surface area contributed by atoms with Crippen LogP contribution >= 0.6 is 12.2 Å². The molecule has 0 unspecified atom stereocenters. The van der Waals surface area contributed by atoms with Crippen molar-refractivity contribution in [3.8, 4) is 0 Å². The third-order valence-electron chi connectivity index (χ3n) is 2.07. The number of thiocarbonyl (C=S) groups is 1. The molecule has 1 aromatic heterocycles. The van der Waals surface area contributed by atoms with Crippen LogP contribution in [-0.4, -0.2) is 35.3 Å². The van der Waals surface area contributed by atoms with Crippen molar-refractivity contribution in [3.63, 3.8) is 0 Å².